The molecular weight excluding hydrogens is 182 g/mol. The van der Waals surface area contributed by atoms with Crippen molar-refractivity contribution in [2.45, 2.75) is 33.2 Å². The Morgan fingerprint density at radius 1 is 1.13 bits per heavy atom. The zero-order valence-electron chi connectivity index (χ0n) is 10.2. The van der Waals surface area contributed by atoms with Crippen molar-refractivity contribution >= 4 is 0 Å². The minimum Gasteiger partial charge on any atom is -0.302 e. The number of hydrogen-bond acceptors (Lipinski definition) is 1. The quantitative estimate of drug-likeness (QED) is 0.726. The second kappa shape index (κ2) is 6.62. The molecule has 15 heavy (non-hydrogen) atoms. The molecule has 0 aromatic heterocycles. The summed E-state index contributed by atoms with van der Waals surface area (Å²) in [5.74, 6) is 0.994. The second-order valence-electron chi connectivity index (χ2n) is 4.13. The highest BCUT2D eigenvalue weighted by molar-refractivity contribution is 5.14. The molecule has 0 unspecified atom stereocenters. The molecule has 1 fully saturated rings. The van der Waals surface area contributed by atoms with Crippen molar-refractivity contribution in [3.8, 4) is 0 Å². The molecule has 0 atom stereocenters. The number of rotatable bonds is 4. The summed E-state index contributed by atoms with van der Waals surface area (Å²) in [6.45, 7) is 6.37. The molecule has 0 radical (unpaired) electrons. The van der Waals surface area contributed by atoms with E-state index < -0.39 is 0 Å². The lowest BCUT2D eigenvalue weighted by Gasteiger charge is -2.15. The topological polar surface area (TPSA) is 3.24 Å². The standard InChI is InChI=1S/C12H17N.C2H6/c1-13(10-12-7-8-12)9-11-5-3-2-4-6-11;1-2/h2-6,12H,7-10H2,1H3;1-2H3. The fourth-order valence-corrected chi connectivity index (χ4v) is 1.70. The van der Waals surface area contributed by atoms with Gasteiger partial charge in [-0.05, 0) is 31.4 Å². The molecule has 1 saturated carbocycles. The van der Waals surface area contributed by atoms with E-state index in [9.17, 15) is 0 Å². The van der Waals surface area contributed by atoms with Gasteiger partial charge in [0.25, 0.3) is 0 Å². The van der Waals surface area contributed by atoms with Crippen LogP contribution in [0.1, 0.15) is 32.3 Å². The Kier molecular flexibility index (Phi) is 5.41. The van der Waals surface area contributed by atoms with Crippen LogP contribution in [0.5, 0.6) is 0 Å². The summed E-state index contributed by atoms with van der Waals surface area (Å²) >= 11 is 0. The predicted molar refractivity (Wildman–Crippen MR) is 66.8 cm³/mol. The molecule has 1 nitrogen and oxygen atoms in total. The molecule has 0 N–H and O–H groups in total. The van der Waals surface area contributed by atoms with E-state index in [2.05, 4.69) is 42.3 Å². The van der Waals surface area contributed by atoms with Crippen molar-refractivity contribution in [3.05, 3.63) is 35.9 Å². The molecule has 84 valence electrons. The summed E-state index contributed by atoms with van der Waals surface area (Å²) in [6, 6.07) is 10.7. The first kappa shape index (κ1) is 12.3. The van der Waals surface area contributed by atoms with Gasteiger partial charge in [-0.25, -0.2) is 0 Å². The third-order valence-electron chi connectivity index (χ3n) is 2.56. The van der Waals surface area contributed by atoms with Gasteiger partial charge in [-0.3, -0.25) is 0 Å². The molecule has 1 heteroatoms. The fourth-order valence-electron chi connectivity index (χ4n) is 1.70. The zero-order chi connectivity index (χ0) is 11.1. The van der Waals surface area contributed by atoms with E-state index in [0.29, 0.717) is 0 Å². The predicted octanol–water partition coefficient (Wildman–Crippen LogP) is 3.55. The van der Waals surface area contributed by atoms with E-state index in [4.69, 9.17) is 0 Å². The van der Waals surface area contributed by atoms with Crippen molar-refractivity contribution in [2.75, 3.05) is 13.6 Å². The maximum atomic E-state index is 2.42. The summed E-state index contributed by atoms with van der Waals surface area (Å²) < 4.78 is 0. The Labute approximate surface area is 94.1 Å². The van der Waals surface area contributed by atoms with Gasteiger partial charge in [0.1, 0.15) is 0 Å². The lowest BCUT2D eigenvalue weighted by molar-refractivity contribution is 0.313. The molecule has 0 aliphatic heterocycles. The zero-order valence-corrected chi connectivity index (χ0v) is 10.2. The van der Waals surface area contributed by atoms with Crippen molar-refractivity contribution in [3.63, 3.8) is 0 Å². The van der Waals surface area contributed by atoms with Crippen molar-refractivity contribution in [2.24, 2.45) is 5.92 Å². The lowest BCUT2D eigenvalue weighted by atomic mass is 10.2. The molecule has 0 amide bonds. The van der Waals surface area contributed by atoms with Crippen molar-refractivity contribution < 1.29 is 0 Å². The average molecular weight is 205 g/mol. The molecular formula is C14H23N. The highest BCUT2D eigenvalue weighted by atomic mass is 15.1. The van der Waals surface area contributed by atoms with E-state index in [1.807, 2.05) is 13.8 Å². The molecule has 0 spiro atoms. The largest absolute Gasteiger partial charge is 0.302 e. The van der Waals surface area contributed by atoms with Gasteiger partial charge < -0.3 is 4.90 Å². The van der Waals surface area contributed by atoms with Gasteiger partial charge in [-0.2, -0.15) is 0 Å². The summed E-state index contributed by atoms with van der Waals surface area (Å²) in [4.78, 5) is 2.42. The molecule has 0 saturated heterocycles. The summed E-state index contributed by atoms with van der Waals surface area (Å²) in [6.07, 6.45) is 2.89. The third-order valence-corrected chi connectivity index (χ3v) is 2.56. The van der Waals surface area contributed by atoms with E-state index in [1.54, 1.807) is 0 Å². The minimum atomic E-state index is 0.994. The van der Waals surface area contributed by atoms with Crippen LogP contribution in [-0.4, -0.2) is 18.5 Å². The van der Waals surface area contributed by atoms with Crippen molar-refractivity contribution in [1.29, 1.82) is 0 Å². The summed E-state index contributed by atoms with van der Waals surface area (Å²) in [5.41, 5.74) is 1.42. The van der Waals surface area contributed by atoms with Crippen molar-refractivity contribution in [1.82, 2.24) is 4.90 Å². The first-order valence-corrected chi connectivity index (χ1v) is 6.07. The highest BCUT2D eigenvalue weighted by Crippen LogP contribution is 2.29. The van der Waals surface area contributed by atoms with Crippen LogP contribution < -0.4 is 0 Å². The molecule has 1 aromatic carbocycles. The highest BCUT2D eigenvalue weighted by Gasteiger charge is 2.22. The van der Waals surface area contributed by atoms with Crippen LogP contribution in [0.15, 0.2) is 30.3 Å². The Balaban J connectivity index is 0.000000531. The van der Waals surface area contributed by atoms with Crippen LogP contribution in [0.4, 0.5) is 0 Å². The number of hydrogen-bond donors (Lipinski definition) is 0. The molecule has 2 rings (SSSR count). The van der Waals surface area contributed by atoms with E-state index in [1.165, 1.54) is 24.9 Å². The fraction of sp³-hybridized carbons (Fsp3) is 0.571. The van der Waals surface area contributed by atoms with Gasteiger partial charge >= 0.3 is 0 Å². The van der Waals surface area contributed by atoms with Gasteiger partial charge in [0.05, 0.1) is 0 Å². The van der Waals surface area contributed by atoms with Gasteiger partial charge in [0, 0.05) is 13.1 Å². The first-order valence-electron chi connectivity index (χ1n) is 6.07. The van der Waals surface area contributed by atoms with Gasteiger partial charge in [0.15, 0.2) is 0 Å². The van der Waals surface area contributed by atoms with E-state index >= 15 is 0 Å². The van der Waals surface area contributed by atoms with Crippen LogP contribution in [-0.2, 0) is 6.54 Å². The smallest absolute Gasteiger partial charge is 0.0230 e. The first-order chi connectivity index (χ1) is 7.34. The second-order valence-corrected chi connectivity index (χ2v) is 4.13. The average Bonchev–Trinajstić information content (AvgIpc) is 3.06. The Bertz CT molecular complexity index is 251. The van der Waals surface area contributed by atoms with Crippen LogP contribution in [0, 0.1) is 5.92 Å². The number of nitrogens with zero attached hydrogens (tertiary/aromatic N) is 1. The summed E-state index contributed by atoms with van der Waals surface area (Å²) in [5, 5.41) is 0. The molecule has 1 aliphatic carbocycles. The number of benzene rings is 1. The SMILES string of the molecule is CC.CN(Cc1ccccc1)CC1CC1. The molecule has 0 bridgehead atoms. The third kappa shape index (κ3) is 4.98. The van der Waals surface area contributed by atoms with Gasteiger partial charge in [0.2, 0.25) is 0 Å². The Hall–Kier alpha value is -0.820. The molecule has 1 aliphatic rings. The maximum Gasteiger partial charge on any atom is 0.0230 e. The van der Waals surface area contributed by atoms with Gasteiger partial charge in [-0.15, -0.1) is 0 Å². The molecule has 1 aromatic rings. The summed E-state index contributed by atoms with van der Waals surface area (Å²) in [7, 11) is 2.21. The maximum absolute atomic E-state index is 2.42. The minimum absolute atomic E-state index is 0.994. The van der Waals surface area contributed by atoms with Crippen LogP contribution in [0.25, 0.3) is 0 Å². The van der Waals surface area contributed by atoms with Crippen LogP contribution in [0.2, 0.25) is 0 Å². The van der Waals surface area contributed by atoms with Crippen LogP contribution >= 0.6 is 0 Å². The van der Waals surface area contributed by atoms with E-state index in [-0.39, 0.29) is 0 Å². The Morgan fingerprint density at radius 3 is 2.27 bits per heavy atom. The Morgan fingerprint density at radius 2 is 1.73 bits per heavy atom. The monoisotopic (exact) mass is 205 g/mol. The van der Waals surface area contributed by atoms with Gasteiger partial charge in [-0.1, -0.05) is 44.2 Å². The normalized spacial score (nSPS) is 14.7. The van der Waals surface area contributed by atoms with Crippen LogP contribution in [0.3, 0.4) is 0 Å². The molecule has 0 heterocycles. The lowest BCUT2D eigenvalue weighted by Crippen LogP contribution is -2.20. The van der Waals surface area contributed by atoms with E-state index in [0.717, 1.165) is 12.5 Å².